The summed E-state index contributed by atoms with van der Waals surface area (Å²) in [4.78, 5) is 0. The molecule has 0 amide bonds. The fourth-order valence-corrected chi connectivity index (χ4v) is 2.29. The quantitative estimate of drug-likeness (QED) is 0.740. The van der Waals surface area contributed by atoms with Crippen molar-refractivity contribution in [2.45, 2.75) is 46.3 Å². The van der Waals surface area contributed by atoms with Crippen LogP contribution in [0.2, 0.25) is 0 Å². The summed E-state index contributed by atoms with van der Waals surface area (Å²) in [6, 6.07) is 8.55. The highest BCUT2D eigenvalue weighted by molar-refractivity contribution is 5.29. The molecule has 0 saturated heterocycles. The van der Waals surface area contributed by atoms with Gasteiger partial charge in [0.1, 0.15) is 5.75 Å². The number of benzene rings is 1. The van der Waals surface area contributed by atoms with E-state index in [9.17, 15) is 0 Å². The molecule has 1 aromatic rings. The molecule has 0 spiro atoms. The van der Waals surface area contributed by atoms with Gasteiger partial charge < -0.3 is 14.8 Å². The highest BCUT2D eigenvalue weighted by atomic mass is 16.5. The van der Waals surface area contributed by atoms with E-state index in [-0.39, 0.29) is 12.1 Å². The van der Waals surface area contributed by atoms with Crippen LogP contribution in [0.3, 0.4) is 0 Å². The molecule has 19 heavy (non-hydrogen) atoms. The van der Waals surface area contributed by atoms with Crippen molar-refractivity contribution in [1.82, 2.24) is 5.32 Å². The lowest BCUT2D eigenvalue weighted by molar-refractivity contribution is 0.0318. The lowest BCUT2D eigenvalue weighted by Gasteiger charge is -2.27. The Morgan fingerprint density at radius 1 is 1.00 bits per heavy atom. The second kappa shape index (κ2) is 8.94. The van der Waals surface area contributed by atoms with Crippen molar-refractivity contribution in [3.05, 3.63) is 29.8 Å². The fourth-order valence-electron chi connectivity index (χ4n) is 2.29. The van der Waals surface area contributed by atoms with Gasteiger partial charge in [-0.05, 0) is 44.5 Å². The van der Waals surface area contributed by atoms with Crippen molar-refractivity contribution >= 4 is 0 Å². The molecule has 2 atom stereocenters. The third-order valence-corrected chi connectivity index (χ3v) is 3.13. The molecule has 0 aromatic heterocycles. The van der Waals surface area contributed by atoms with E-state index < -0.39 is 0 Å². The third kappa shape index (κ3) is 4.84. The van der Waals surface area contributed by atoms with Crippen molar-refractivity contribution in [2.75, 3.05) is 19.8 Å². The van der Waals surface area contributed by atoms with Crippen LogP contribution < -0.4 is 10.1 Å². The average Bonchev–Trinajstić information content (AvgIpc) is 2.44. The molecular weight excluding hydrogens is 238 g/mol. The van der Waals surface area contributed by atoms with Crippen LogP contribution in [0.4, 0.5) is 0 Å². The minimum Gasteiger partial charge on any atom is -0.494 e. The van der Waals surface area contributed by atoms with Gasteiger partial charge in [-0.2, -0.15) is 0 Å². The van der Waals surface area contributed by atoms with Crippen LogP contribution in [-0.4, -0.2) is 25.9 Å². The maximum absolute atomic E-state index is 5.84. The summed E-state index contributed by atoms with van der Waals surface area (Å²) in [5.74, 6) is 0.922. The average molecular weight is 265 g/mol. The van der Waals surface area contributed by atoms with E-state index in [1.54, 1.807) is 0 Å². The Kier molecular flexibility index (Phi) is 7.53. The topological polar surface area (TPSA) is 30.5 Å². The molecule has 0 aliphatic heterocycles. The van der Waals surface area contributed by atoms with Crippen LogP contribution >= 0.6 is 0 Å². The molecule has 0 fully saturated rings. The lowest BCUT2D eigenvalue weighted by Crippen LogP contribution is -2.33. The van der Waals surface area contributed by atoms with Gasteiger partial charge in [0.15, 0.2) is 0 Å². The molecule has 3 nitrogen and oxygen atoms in total. The summed E-state index contributed by atoms with van der Waals surface area (Å²) < 4.78 is 11.3. The molecule has 0 aliphatic carbocycles. The van der Waals surface area contributed by atoms with E-state index in [0.29, 0.717) is 6.61 Å². The Hall–Kier alpha value is -1.06. The number of ether oxygens (including phenoxy) is 2. The Labute approximate surface area is 117 Å². The maximum Gasteiger partial charge on any atom is 0.119 e. The molecule has 0 bridgehead atoms. The molecule has 2 unspecified atom stereocenters. The summed E-state index contributed by atoms with van der Waals surface area (Å²) in [6.07, 6.45) is 1.21. The molecule has 1 rings (SSSR count). The normalized spacial score (nSPS) is 14.1. The second-order valence-corrected chi connectivity index (χ2v) is 4.44. The summed E-state index contributed by atoms with van der Waals surface area (Å²) in [5.41, 5.74) is 1.26. The third-order valence-electron chi connectivity index (χ3n) is 3.13. The number of hydrogen-bond acceptors (Lipinski definition) is 3. The van der Waals surface area contributed by atoms with Gasteiger partial charge in [0, 0.05) is 6.61 Å². The van der Waals surface area contributed by atoms with E-state index in [1.165, 1.54) is 5.56 Å². The molecule has 0 saturated carbocycles. The summed E-state index contributed by atoms with van der Waals surface area (Å²) in [5, 5.41) is 3.52. The molecule has 0 aliphatic rings. The predicted octanol–water partition coefficient (Wildman–Crippen LogP) is 3.55. The Balaban J connectivity index is 2.84. The Morgan fingerprint density at radius 3 is 2.16 bits per heavy atom. The fraction of sp³-hybridized carbons (Fsp3) is 0.625. The van der Waals surface area contributed by atoms with Crippen molar-refractivity contribution in [1.29, 1.82) is 0 Å². The van der Waals surface area contributed by atoms with Gasteiger partial charge in [-0.1, -0.05) is 26.0 Å². The van der Waals surface area contributed by atoms with Gasteiger partial charge in [-0.3, -0.25) is 0 Å². The van der Waals surface area contributed by atoms with Gasteiger partial charge >= 0.3 is 0 Å². The monoisotopic (exact) mass is 265 g/mol. The lowest BCUT2D eigenvalue weighted by atomic mass is 9.99. The maximum atomic E-state index is 5.84. The number of likely N-dealkylation sites (N-methyl/N-ethyl adjacent to an activating group) is 1. The largest absolute Gasteiger partial charge is 0.494 e. The van der Waals surface area contributed by atoms with E-state index in [4.69, 9.17) is 9.47 Å². The molecule has 3 heteroatoms. The summed E-state index contributed by atoms with van der Waals surface area (Å²) >= 11 is 0. The molecule has 1 aromatic carbocycles. The van der Waals surface area contributed by atoms with Gasteiger partial charge in [-0.25, -0.2) is 0 Å². The smallest absolute Gasteiger partial charge is 0.119 e. The van der Waals surface area contributed by atoms with Crippen LogP contribution in [0.15, 0.2) is 24.3 Å². The molecule has 1 N–H and O–H groups in total. The predicted molar refractivity (Wildman–Crippen MR) is 79.7 cm³/mol. The number of rotatable bonds is 9. The van der Waals surface area contributed by atoms with E-state index in [1.807, 2.05) is 26.0 Å². The van der Waals surface area contributed by atoms with Gasteiger partial charge in [0.05, 0.1) is 18.8 Å². The van der Waals surface area contributed by atoms with E-state index in [2.05, 4.69) is 31.3 Å². The first-order valence-corrected chi connectivity index (χ1v) is 7.34. The molecule has 0 radical (unpaired) electrons. The highest BCUT2D eigenvalue weighted by Crippen LogP contribution is 2.24. The summed E-state index contributed by atoms with van der Waals surface area (Å²) in [6.45, 7) is 10.7. The minimum absolute atomic E-state index is 0.211. The first kappa shape index (κ1) is 16.0. The first-order chi connectivity index (χ1) is 9.26. The van der Waals surface area contributed by atoms with Gasteiger partial charge in [0.25, 0.3) is 0 Å². The summed E-state index contributed by atoms with van der Waals surface area (Å²) in [7, 11) is 0. The van der Waals surface area contributed by atoms with Crippen molar-refractivity contribution in [2.24, 2.45) is 0 Å². The van der Waals surface area contributed by atoms with E-state index >= 15 is 0 Å². The SMILES string of the molecule is CCNC(c1ccc(OCC)cc1)C(CC)OCC. The van der Waals surface area contributed by atoms with Crippen LogP contribution in [0, 0.1) is 0 Å². The van der Waals surface area contributed by atoms with Crippen LogP contribution in [0.25, 0.3) is 0 Å². The van der Waals surface area contributed by atoms with Crippen LogP contribution in [0.1, 0.15) is 45.7 Å². The van der Waals surface area contributed by atoms with Crippen molar-refractivity contribution in [3.63, 3.8) is 0 Å². The Morgan fingerprint density at radius 2 is 1.68 bits per heavy atom. The number of nitrogens with one attached hydrogen (secondary N) is 1. The zero-order valence-corrected chi connectivity index (χ0v) is 12.6. The van der Waals surface area contributed by atoms with E-state index in [0.717, 1.165) is 25.3 Å². The minimum atomic E-state index is 0.211. The van der Waals surface area contributed by atoms with Crippen LogP contribution in [0.5, 0.6) is 5.75 Å². The number of hydrogen-bond donors (Lipinski definition) is 1. The van der Waals surface area contributed by atoms with Crippen molar-refractivity contribution in [3.8, 4) is 5.75 Å². The zero-order valence-electron chi connectivity index (χ0n) is 12.6. The van der Waals surface area contributed by atoms with Crippen molar-refractivity contribution < 1.29 is 9.47 Å². The molecular formula is C16H27NO2. The van der Waals surface area contributed by atoms with Gasteiger partial charge in [0.2, 0.25) is 0 Å². The zero-order chi connectivity index (χ0) is 14.1. The Bertz CT molecular complexity index is 337. The first-order valence-electron chi connectivity index (χ1n) is 7.34. The standard InChI is InChI=1S/C16H27NO2/c1-5-15(19-8-4)16(17-6-2)13-9-11-14(12-10-13)18-7-3/h9-12,15-17H,5-8H2,1-4H3. The van der Waals surface area contributed by atoms with Crippen LogP contribution in [-0.2, 0) is 4.74 Å². The second-order valence-electron chi connectivity index (χ2n) is 4.44. The molecule has 0 heterocycles. The highest BCUT2D eigenvalue weighted by Gasteiger charge is 2.21. The van der Waals surface area contributed by atoms with Gasteiger partial charge in [-0.15, -0.1) is 0 Å². The molecule has 108 valence electrons.